The van der Waals surface area contributed by atoms with E-state index in [9.17, 15) is 4.79 Å². The molecule has 0 aliphatic carbocycles. The lowest BCUT2D eigenvalue weighted by Gasteiger charge is -2.22. The van der Waals surface area contributed by atoms with Gasteiger partial charge in [0.25, 0.3) is 0 Å². The molecule has 2 aliphatic heterocycles. The highest BCUT2D eigenvalue weighted by Crippen LogP contribution is 2.39. The molecule has 0 N–H and O–H groups in total. The lowest BCUT2D eigenvalue weighted by atomic mass is 9.99. The van der Waals surface area contributed by atoms with Gasteiger partial charge < -0.3 is 18.9 Å². The summed E-state index contributed by atoms with van der Waals surface area (Å²) in [5.74, 6) is 1.95. The van der Waals surface area contributed by atoms with Crippen molar-refractivity contribution < 1.29 is 23.7 Å². The van der Waals surface area contributed by atoms with Gasteiger partial charge in [0.05, 0.1) is 12.8 Å². The summed E-state index contributed by atoms with van der Waals surface area (Å²) < 4.78 is 22.5. The van der Waals surface area contributed by atoms with Crippen LogP contribution < -0.4 is 14.2 Å². The lowest BCUT2D eigenvalue weighted by molar-refractivity contribution is -0.132. The van der Waals surface area contributed by atoms with E-state index in [1.54, 1.807) is 13.2 Å². The number of carbonyl (C=O) groups excluding carboxylic acids is 1. The standard InChI is InChI=1S/C21H23NO5/c1-24-20-13-14(12-17(23)18-6-2-3-8-25-18)11-16(22-20)15-5-4-7-19-21(15)27-10-9-26-19/h4-5,7,11,13,18H,2-3,6,8-10,12H2,1H3/t18-/m1/s1. The second kappa shape index (κ2) is 7.96. The predicted octanol–water partition coefficient (Wildman–Crippen LogP) is 3.21. The summed E-state index contributed by atoms with van der Waals surface area (Å²) >= 11 is 0. The quantitative estimate of drug-likeness (QED) is 0.806. The third-order valence-corrected chi connectivity index (χ3v) is 4.83. The van der Waals surface area contributed by atoms with Crippen LogP contribution in [-0.2, 0) is 16.0 Å². The van der Waals surface area contributed by atoms with Crippen molar-refractivity contribution in [3.63, 3.8) is 0 Å². The number of ether oxygens (including phenoxy) is 4. The molecule has 0 amide bonds. The zero-order valence-electron chi connectivity index (χ0n) is 15.4. The Hall–Kier alpha value is -2.60. The number of aromatic nitrogens is 1. The molecular weight excluding hydrogens is 346 g/mol. The highest BCUT2D eigenvalue weighted by Gasteiger charge is 2.23. The Morgan fingerprint density at radius 3 is 2.89 bits per heavy atom. The number of pyridine rings is 1. The predicted molar refractivity (Wildman–Crippen MR) is 99.5 cm³/mol. The summed E-state index contributed by atoms with van der Waals surface area (Å²) in [6.07, 6.45) is 2.85. The number of para-hydroxylation sites is 1. The van der Waals surface area contributed by atoms with Gasteiger partial charge in [0.15, 0.2) is 17.3 Å². The first-order valence-corrected chi connectivity index (χ1v) is 9.33. The first-order chi connectivity index (χ1) is 13.2. The third kappa shape index (κ3) is 3.90. The van der Waals surface area contributed by atoms with Gasteiger partial charge in [-0.1, -0.05) is 6.07 Å². The van der Waals surface area contributed by atoms with Crippen LogP contribution in [0.2, 0.25) is 0 Å². The van der Waals surface area contributed by atoms with E-state index in [-0.39, 0.29) is 11.9 Å². The molecule has 0 spiro atoms. The Bertz CT molecular complexity index is 829. The van der Waals surface area contributed by atoms with Crippen molar-refractivity contribution in [3.05, 3.63) is 35.9 Å². The fourth-order valence-electron chi connectivity index (χ4n) is 3.49. The largest absolute Gasteiger partial charge is 0.486 e. The van der Waals surface area contributed by atoms with Gasteiger partial charge in [0, 0.05) is 24.7 Å². The van der Waals surface area contributed by atoms with Crippen molar-refractivity contribution in [2.75, 3.05) is 26.9 Å². The number of benzene rings is 1. The molecule has 27 heavy (non-hydrogen) atoms. The SMILES string of the molecule is COc1cc(CC(=O)[C@H]2CCCCO2)cc(-c2cccc3c2OCCO3)n1. The monoisotopic (exact) mass is 369 g/mol. The molecule has 3 heterocycles. The van der Waals surface area contributed by atoms with Gasteiger partial charge in [-0.3, -0.25) is 4.79 Å². The van der Waals surface area contributed by atoms with Crippen LogP contribution >= 0.6 is 0 Å². The van der Waals surface area contributed by atoms with E-state index in [1.807, 2.05) is 24.3 Å². The average molecular weight is 369 g/mol. The third-order valence-electron chi connectivity index (χ3n) is 4.83. The van der Waals surface area contributed by atoms with Crippen molar-refractivity contribution in [1.29, 1.82) is 0 Å². The molecule has 0 bridgehead atoms. The van der Waals surface area contributed by atoms with Crippen molar-refractivity contribution in [2.24, 2.45) is 0 Å². The summed E-state index contributed by atoms with van der Waals surface area (Å²) in [7, 11) is 1.57. The molecule has 1 fully saturated rings. The number of hydrogen-bond donors (Lipinski definition) is 0. The molecule has 1 atom stereocenters. The summed E-state index contributed by atoms with van der Waals surface area (Å²) in [5.41, 5.74) is 2.38. The van der Waals surface area contributed by atoms with Crippen LogP contribution in [0.3, 0.4) is 0 Å². The summed E-state index contributed by atoms with van der Waals surface area (Å²) in [4.78, 5) is 17.2. The van der Waals surface area contributed by atoms with Crippen molar-refractivity contribution in [3.8, 4) is 28.6 Å². The summed E-state index contributed by atoms with van der Waals surface area (Å²) in [5, 5.41) is 0. The highest BCUT2D eigenvalue weighted by molar-refractivity contribution is 5.85. The van der Waals surface area contributed by atoms with Crippen LogP contribution in [-0.4, -0.2) is 43.8 Å². The van der Waals surface area contributed by atoms with Crippen LogP contribution in [0.15, 0.2) is 30.3 Å². The van der Waals surface area contributed by atoms with E-state index in [4.69, 9.17) is 18.9 Å². The number of nitrogens with zero attached hydrogens (tertiary/aromatic N) is 1. The Morgan fingerprint density at radius 2 is 2.07 bits per heavy atom. The number of fused-ring (bicyclic) bond motifs is 1. The molecule has 2 aliphatic rings. The van der Waals surface area contributed by atoms with E-state index < -0.39 is 0 Å². The number of Topliss-reactive ketones (excluding diaryl/α,β-unsaturated/α-hetero) is 1. The number of carbonyl (C=O) groups is 1. The minimum Gasteiger partial charge on any atom is -0.486 e. The van der Waals surface area contributed by atoms with Crippen LogP contribution in [0.1, 0.15) is 24.8 Å². The van der Waals surface area contributed by atoms with Gasteiger partial charge in [-0.25, -0.2) is 4.98 Å². The molecule has 142 valence electrons. The number of methoxy groups -OCH3 is 1. The topological polar surface area (TPSA) is 66.9 Å². The maximum absolute atomic E-state index is 12.6. The number of rotatable bonds is 5. The fourth-order valence-corrected chi connectivity index (χ4v) is 3.49. The average Bonchev–Trinajstić information content (AvgIpc) is 2.73. The molecule has 0 unspecified atom stereocenters. The van der Waals surface area contributed by atoms with Crippen LogP contribution in [0.5, 0.6) is 17.4 Å². The van der Waals surface area contributed by atoms with Gasteiger partial charge in [-0.15, -0.1) is 0 Å². The van der Waals surface area contributed by atoms with Crippen molar-refractivity contribution in [1.82, 2.24) is 4.98 Å². The molecule has 1 aromatic carbocycles. The number of hydrogen-bond acceptors (Lipinski definition) is 6. The molecule has 1 saturated heterocycles. The van der Waals surface area contributed by atoms with Gasteiger partial charge >= 0.3 is 0 Å². The molecule has 4 rings (SSSR count). The second-order valence-corrected chi connectivity index (χ2v) is 6.73. The van der Waals surface area contributed by atoms with E-state index in [2.05, 4.69) is 4.98 Å². The number of ketones is 1. The molecule has 0 radical (unpaired) electrons. The zero-order chi connectivity index (χ0) is 18.6. The molecule has 2 aromatic rings. The molecule has 6 nitrogen and oxygen atoms in total. The van der Waals surface area contributed by atoms with Gasteiger partial charge in [0.1, 0.15) is 19.3 Å². The Labute approximate surface area is 158 Å². The summed E-state index contributed by atoms with van der Waals surface area (Å²) in [6.45, 7) is 1.69. The lowest BCUT2D eigenvalue weighted by Crippen LogP contribution is -2.29. The Morgan fingerprint density at radius 1 is 1.19 bits per heavy atom. The molecule has 1 aromatic heterocycles. The molecular formula is C21H23NO5. The van der Waals surface area contributed by atoms with Gasteiger partial charge in [0.2, 0.25) is 5.88 Å². The fraction of sp³-hybridized carbons (Fsp3) is 0.429. The van der Waals surface area contributed by atoms with E-state index in [0.717, 1.165) is 30.4 Å². The maximum atomic E-state index is 12.6. The zero-order valence-corrected chi connectivity index (χ0v) is 15.4. The van der Waals surface area contributed by atoms with Gasteiger partial charge in [-0.05, 0) is 43.0 Å². The van der Waals surface area contributed by atoms with Gasteiger partial charge in [-0.2, -0.15) is 0 Å². The highest BCUT2D eigenvalue weighted by atomic mass is 16.6. The first kappa shape index (κ1) is 17.8. The minimum atomic E-state index is -0.303. The Balaban J connectivity index is 1.64. The van der Waals surface area contributed by atoms with Crippen LogP contribution in [0, 0.1) is 0 Å². The minimum absolute atomic E-state index is 0.101. The molecule has 0 saturated carbocycles. The normalized spacial score (nSPS) is 18.8. The Kier molecular flexibility index (Phi) is 5.25. The van der Waals surface area contributed by atoms with E-state index in [1.165, 1.54) is 0 Å². The first-order valence-electron chi connectivity index (χ1n) is 9.33. The van der Waals surface area contributed by atoms with E-state index in [0.29, 0.717) is 49.3 Å². The smallest absolute Gasteiger partial charge is 0.213 e. The van der Waals surface area contributed by atoms with E-state index >= 15 is 0 Å². The second-order valence-electron chi connectivity index (χ2n) is 6.73. The summed E-state index contributed by atoms with van der Waals surface area (Å²) in [6, 6.07) is 9.44. The van der Waals surface area contributed by atoms with Crippen molar-refractivity contribution in [2.45, 2.75) is 31.8 Å². The van der Waals surface area contributed by atoms with Crippen LogP contribution in [0.25, 0.3) is 11.3 Å². The van der Waals surface area contributed by atoms with Crippen molar-refractivity contribution >= 4 is 5.78 Å². The molecule has 6 heteroatoms. The maximum Gasteiger partial charge on any atom is 0.213 e. The van der Waals surface area contributed by atoms with Crippen LogP contribution in [0.4, 0.5) is 0 Å².